The lowest BCUT2D eigenvalue weighted by Crippen LogP contribution is -2.35. The van der Waals surface area contributed by atoms with E-state index in [1.807, 2.05) is 47.8 Å². The van der Waals surface area contributed by atoms with Crippen LogP contribution in [-0.4, -0.2) is 21.6 Å². The second kappa shape index (κ2) is 6.08. The lowest BCUT2D eigenvalue weighted by Gasteiger charge is -2.28. The maximum Gasteiger partial charge on any atom is 0.154 e. The summed E-state index contributed by atoms with van der Waals surface area (Å²) >= 11 is 1.53. The molecule has 3 nitrogen and oxygen atoms in total. The van der Waals surface area contributed by atoms with E-state index >= 15 is 0 Å². The van der Waals surface area contributed by atoms with Gasteiger partial charge in [-0.3, -0.25) is 0 Å². The van der Waals surface area contributed by atoms with Crippen LogP contribution in [0.5, 0.6) is 0 Å². The Morgan fingerprint density at radius 3 is 2.40 bits per heavy atom. The van der Waals surface area contributed by atoms with Gasteiger partial charge in [-0.05, 0) is 36.4 Å². The minimum atomic E-state index is -2.50. The summed E-state index contributed by atoms with van der Waals surface area (Å²) in [5, 5.41) is 1.97. The third-order valence-corrected chi connectivity index (χ3v) is 7.19. The lowest BCUT2D eigenvalue weighted by molar-refractivity contribution is 0.362. The number of benzene rings is 1. The van der Waals surface area contributed by atoms with E-state index in [1.54, 1.807) is 0 Å². The number of hydrogen-bond acceptors (Lipinski definition) is 3. The van der Waals surface area contributed by atoms with Crippen molar-refractivity contribution < 1.29 is 4.21 Å². The van der Waals surface area contributed by atoms with Crippen LogP contribution in [0.15, 0.2) is 56.4 Å². The molecule has 2 aromatic rings. The molecule has 0 N–H and O–H groups in total. The first kappa shape index (κ1) is 13.8. The average molecular weight is 306 g/mol. The second-order valence-electron chi connectivity index (χ2n) is 4.85. The third kappa shape index (κ3) is 2.80. The van der Waals surface area contributed by atoms with Crippen molar-refractivity contribution in [2.75, 3.05) is 13.1 Å². The van der Waals surface area contributed by atoms with E-state index in [2.05, 4.69) is 8.67 Å². The highest BCUT2D eigenvalue weighted by Gasteiger charge is 2.25. The number of rotatable bonds is 3. The van der Waals surface area contributed by atoms with Crippen LogP contribution < -0.4 is 0 Å². The van der Waals surface area contributed by atoms with Crippen molar-refractivity contribution in [2.24, 2.45) is 4.36 Å². The maximum atomic E-state index is 13.5. The Hall–Kier alpha value is -1.17. The molecule has 0 spiro atoms. The Balaban J connectivity index is 2.08. The Morgan fingerprint density at radius 2 is 1.75 bits per heavy atom. The van der Waals surface area contributed by atoms with Gasteiger partial charge in [-0.15, -0.1) is 11.3 Å². The Kier molecular flexibility index (Phi) is 4.19. The predicted octanol–water partition coefficient (Wildman–Crippen LogP) is 4.31. The summed E-state index contributed by atoms with van der Waals surface area (Å²) in [5.41, 5.74) is 0.788. The molecule has 3 rings (SSSR count). The fraction of sp³-hybridized carbons (Fsp3) is 0.333. The van der Waals surface area contributed by atoms with Crippen LogP contribution in [0, 0.1) is 0 Å². The second-order valence-corrected chi connectivity index (χ2v) is 8.18. The fourth-order valence-electron chi connectivity index (χ4n) is 2.39. The smallest absolute Gasteiger partial charge is 0.154 e. The summed E-state index contributed by atoms with van der Waals surface area (Å²) < 4.78 is 21.1. The zero-order valence-electron chi connectivity index (χ0n) is 11.3. The molecule has 1 atom stereocenters. The molecule has 0 bridgehead atoms. The minimum absolute atomic E-state index is 0.788. The summed E-state index contributed by atoms with van der Waals surface area (Å²) in [6.45, 7) is 1.74. The molecule has 20 heavy (non-hydrogen) atoms. The average Bonchev–Trinajstić information content (AvgIpc) is 3.04. The molecule has 1 saturated heterocycles. The van der Waals surface area contributed by atoms with Gasteiger partial charge in [-0.25, -0.2) is 8.51 Å². The quantitative estimate of drug-likeness (QED) is 0.831. The number of piperidine rings is 1. The van der Waals surface area contributed by atoms with E-state index in [-0.39, 0.29) is 0 Å². The van der Waals surface area contributed by atoms with Crippen LogP contribution in [-0.2, 0) is 9.92 Å². The molecule has 0 aliphatic carbocycles. The molecule has 1 aliphatic heterocycles. The van der Waals surface area contributed by atoms with Gasteiger partial charge in [-0.2, -0.15) is 4.36 Å². The maximum absolute atomic E-state index is 13.5. The Morgan fingerprint density at radius 1 is 1.00 bits per heavy atom. The monoisotopic (exact) mass is 306 g/mol. The normalized spacial score (nSPS) is 19.4. The van der Waals surface area contributed by atoms with E-state index in [9.17, 15) is 4.21 Å². The van der Waals surface area contributed by atoms with Gasteiger partial charge in [0.1, 0.15) is 4.21 Å². The first-order chi connectivity index (χ1) is 9.79. The number of nitrogens with zero attached hydrogens (tertiary/aromatic N) is 2. The zero-order chi connectivity index (χ0) is 13.8. The molecule has 1 fully saturated rings. The van der Waals surface area contributed by atoms with Crippen LogP contribution in [0.3, 0.4) is 0 Å². The number of hydrogen-bond donors (Lipinski definition) is 0. The minimum Gasteiger partial charge on any atom is -0.227 e. The molecule has 1 aromatic carbocycles. The SMILES string of the molecule is O=S(=Nc1ccccc1)(c1cccs1)N1CCCCC1. The van der Waals surface area contributed by atoms with Crippen molar-refractivity contribution >= 4 is 26.9 Å². The lowest BCUT2D eigenvalue weighted by atomic mass is 10.2. The van der Waals surface area contributed by atoms with Gasteiger partial charge < -0.3 is 0 Å². The van der Waals surface area contributed by atoms with E-state index in [1.165, 1.54) is 17.8 Å². The predicted molar refractivity (Wildman–Crippen MR) is 84.7 cm³/mol. The topological polar surface area (TPSA) is 32.7 Å². The highest BCUT2D eigenvalue weighted by Crippen LogP contribution is 2.29. The highest BCUT2D eigenvalue weighted by atomic mass is 32.2. The van der Waals surface area contributed by atoms with Gasteiger partial charge in [-0.1, -0.05) is 30.7 Å². The standard InChI is InChI=1S/C15H18N2OS2/c18-20(15-10-7-13-19-15,17-11-5-2-6-12-17)16-14-8-3-1-4-9-14/h1,3-4,7-10,13H,2,5-6,11-12H2. The molecule has 2 heterocycles. The molecule has 106 valence electrons. The fourth-order valence-corrected chi connectivity index (χ4v) is 5.81. The van der Waals surface area contributed by atoms with Gasteiger partial charge in [0.15, 0.2) is 9.92 Å². The Labute approximate surface area is 124 Å². The first-order valence-electron chi connectivity index (χ1n) is 6.90. The van der Waals surface area contributed by atoms with Crippen LogP contribution in [0.1, 0.15) is 19.3 Å². The van der Waals surface area contributed by atoms with Crippen molar-refractivity contribution in [2.45, 2.75) is 23.5 Å². The highest BCUT2D eigenvalue weighted by molar-refractivity contribution is 7.93. The largest absolute Gasteiger partial charge is 0.227 e. The molecule has 0 radical (unpaired) electrons. The molecular formula is C15H18N2OS2. The van der Waals surface area contributed by atoms with Gasteiger partial charge in [0.25, 0.3) is 0 Å². The summed E-state index contributed by atoms with van der Waals surface area (Å²) in [6.07, 6.45) is 3.43. The molecule has 0 saturated carbocycles. The van der Waals surface area contributed by atoms with Gasteiger partial charge in [0.05, 0.1) is 5.69 Å². The van der Waals surface area contributed by atoms with Crippen molar-refractivity contribution in [3.05, 3.63) is 47.8 Å². The summed E-state index contributed by atoms with van der Waals surface area (Å²) in [6, 6.07) is 13.5. The van der Waals surface area contributed by atoms with Crippen molar-refractivity contribution in [1.29, 1.82) is 0 Å². The van der Waals surface area contributed by atoms with E-state index in [4.69, 9.17) is 0 Å². The molecular weight excluding hydrogens is 288 g/mol. The molecule has 5 heteroatoms. The zero-order valence-corrected chi connectivity index (χ0v) is 12.9. The summed E-state index contributed by atoms with van der Waals surface area (Å²) in [4.78, 5) is 0. The van der Waals surface area contributed by atoms with Crippen LogP contribution in [0.4, 0.5) is 5.69 Å². The van der Waals surface area contributed by atoms with Crippen LogP contribution in [0.2, 0.25) is 0 Å². The summed E-state index contributed by atoms with van der Waals surface area (Å²) in [7, 11) is -2.50. The van der Waals surface area contributed by atoms with Gasteiger partial charge >= 0.3 is 0 Å². The van der Waals surface area contributed by atoms with Crippen molar-refractivity contribution in [1.82, 2.24) is 4.31 Å². The molecule has 0 amide bonds. The molecule has 1 aliphatic rings. The van der Waals surface area contributed by atoms with Crippen LogP contribution >= 0.6 is 11.3 Å². The van der Waals surface area contributed by atoms with Crippen molar-refractivity contribution in [3.8, 4) is 0 Å². The van der Waals surface area contributed by atoms with E-state index in [0.29, 0.717) is 0 Å². The van der Waals surface area contributed by atoms with Crippen molar-refractivity contribution in [3.63, 3.8) is 0 Å². The molecule has 1 aromatic heterocycles. The number of thiophene rings is 1. The van der Waals surface area contributed by atoms with Crippen LogP contribution in [0.25, 0.3) is 0 Å². The molecule has 1 unspecified atom stereocenters. The van der Waals surface area contributed by atoms with E-state index in [0.717, 1.165) is 35.8 Å². The van der Waals surface area contributed by atoms with E-state index < -0.39 is 9.92 Å². The first-order valence-corrected chi connectivity index (χ1v) is 9.25. The Bertz CT molecular complexity index is 652. The third-order valence-electron chi connectivity index (χ3n) is 3.41. The van der Waals surface area contributed by atoms with Gasteiger partial charge in [0, 0.05) is 13.1 Å². The van der Waals surface area contributed by atoms with Gasteiger partial charge in [0.2, 0.25) is 0 Å². The summed E-state index contributed by atoms with van der Waals surface area (Å²) in [5.74, 6) is 0.